The Balaban J connectivity index is 1.95. The zero-order valence-electron chi connectivity index (χ0n) is 10.2. The standard InChI is InChI=1S/C12H6ClN3O2S3/c13-7-1-3-9-10(5-7)20-12(15-9)16-21(17,18)11-4-2-8(6-14)19-11/h1-5H,(H,15,16). The molecule has 21 heavy (non-hydrogen) atoms. The quantitative estimate of drug-likeness (QED) is 0.776. The molecule has 9 heteroatoms. The summed E-state index contributed by atoms with van der Waals surface area (Å²) in [6.07, 6.45) is 0. The Morgan fingerprint density at radius 2 is 2.05 bits per heavy atom. The second-order valence-electron chi connectivity index (χ2n) is 3.97. The van der Waals surface area contributed by atoms with Gasteiger partial charge in [-0.2, -0.15) is 5.26 Å². The Bertz CT molecular complexity index is 969. The molecular formula is C12H6ClN3O2S3. The van der Waals surface area contributed by atoms with Crippen molar-refractivity contribution in [2.24, 2.45) is 0 Å². The van der Waals surface area contributed by atoms with Crippen LogP contribution in [0.15, 0.2) is 34.5 Å². The highest BCUT2D eigenvalue weighted by atomic mass is 35.5. The molecule has 0 bridgehead atoms. The third kappa shape index (κ3) is 2.87. The highest BCUT2D eigenvalue weighted by Gasteiger charge is 2.19. The van der Waals surface area contributed by atoms with Crippen LogP contribution < -0.4 is 4.72 Å². The van der Waals surface area contributed by atoms with E-state index in [1.165, 1.54) is 23.5 Å². The molecule has 0 saturated carbocycles. The summed E-state index contributed by atoms with van der Waals surface area (Å²) in [7, 11) is -3.73. The second-order valence-corrected chi connectivity index (χ2v) is 8.43. The van der Waals surface area contributed by atoms with Crippen LogP contribution in [0, 0.1) is 11.3 Å². The van der Waals surface area contributed by atoms with E-state index >= 15 is 0 Å². The zero-order chi connectivity index (χ0) is 15.0. The molecule has 0 amide bonds. The van der Waals surface area contributed by atoms with Gasteiger partial charge in [0.05, 0.1) is 10.2 Å². The van der Waals surface area contributed by atoms with Crippen molar-refractivity contribution in [3.05, 3.63) is 40.2 Å². The number of fused-ring (bicyclic) bond motifs is 1. The summed E-state index contributed by atoms with van der Waals surface area (Å²) in [4.78, 5) is 4.54. The summed E-state index contributed by atoms with van der Waals surface area (Å²) >= 11 is 8.00. The Morgan fingerprint density at radius 3 is 2.76 bits per heavy atom. The summed E-state index contributed by atoms with van der Waals surface area (Å²) in [6.45, 7) is 0. The maximum atomic E-state index is 12.2. The highest BCUT2D eigenvalue weighted by molar-refractivity contribution is 7.94. The number of hydrogen-bond donors (Lipinski definition) is 1. The molecular weight excluding hydrogens is 350 g/mol. The van der Waals surface area contributed by atoms with Gasteiger partial charge in [-0.15, -0.1) is 11.3 Å². The zero-order valence-corrected chi connectivity index (χ0v) is 13.4. The van der Waals surface area contributed by atoms with Gasteiger partial charge in [0.25, 0.3) is 10.0 Å². The number of nitrogens with one attached hydrogen (secondary N) is 1. The number of rotatable bonds is 3. The molecule has 0 fully saturated rings. The lowest BCUT2D eigenvalue weighted by Crippen LogP contribution is -2.10. The normalized spacial score (nSPS) is 11.4. The van der Waals surface area contributed by atoms with Crippen molar-refractivity contribution in [1.82, 2.24) is 4.98 Å². The fourth-order valence-corrected chi connectivity index (χ4v) is 5.11. The molecule has 0 unspecified atom stereocenters. The predicted octanol–water partition coefficient (Wildman–Crippen LogP) is 3.68. The van der Waals surface area contributed by atoms with Crippen molar-refractivity contribution in [2.45, 2.75) is 4.21 Å². The number of benzene rings is 1. The highest BCUT2D eigenvalue weighted by Crippen LogP contribution is 2.30. The monoisotopic (exact) mass is 355 g/mol. The van der Waals surface area contributed by atoms with Gasteiger partial charge in [0.2, 0.25) is 0 Å². The summed E-state index contributed by atoms with van der Waals surface area (Å²) in [5.41, 5.74) is 0.672. The van der Waals surface area contributed by atoms with Crippen LogP contribution in [-0.4, -0.2) is 13.4 Å². The Labute approximate surface area is 133 Å². The molecule has 1 aromatic carbocycles. The number of nitriles is 1. The molecule has 0 aliphatic rings. The fourth-order valence-electron chi connectivity index (χ4n) is 1.63. The number of aromatic nitrogens is 1. The molecule has 3 rings (SSSR count). The molecule has 3 aromatic rings. The van der Waals surface area contributed by atoms with Crippen LogP contribution in [0.2, 0.25) is 5.02 Å². The summed E-state index contributed by atoms with van der Waals surface area (Å²) in [5, 5.41) is 9.58. The average molecular weight is 356 g/mol. The second kappa shape index (κ2) is 5.27. The maximum absolute atomic E-state index is 12.2. The van der Waals surface area contributed by atoms with Gasteiger partial charge >= 0.3 is 0 Å². The average Bonchev–Trinajstić information content (AvgIpc) is 3.03. The number of thiophene rings is 1. The topological polar surface area (TPSA) is 82.8 Å². The number of hydrogen-bond acceptors (Lipinski definition) is 6. The first-order chi connectivity index (χ1) is 9.98. The predicted molar refractivity (Wildman–Crippen MR) is 84.5 cm³/mol. The molecule has 0 spiro atoms. The first-order valence-corrected chi connectivity index (χ1v) is 9.06. The molecule has 106 valence electrons. The summed E-state index contributed by atoms with van der Waals surface area (Å²) in [6, 6.07) is 9.93. The van der Waals surface area contributed by atoms with Crippen molar-refractivity contribution in [3.8, 4) is 6.07 Å². The van der Waals surface area contributed by atoms with Gasteiger partial charge in [0, 0.05) is 5.02 Å². The Kier molecular flexibility index (Phi) is 3.59. The summed E-state index contributed by atoms with van der Waals surface area (Å²) in [5.74, 6) is 0. The van der Waals surface area contributed by atoms with E-state index in [-0.39, 0.29) is 9.34 Å². The van der Waals surface area contributed by atoms with Crippen molar-refractivity contribution in [1.29, 1.82) is 5.26 Å². The lowest BCUT2D eigenvalue weighted by atomic mass is 10.3. The van der Waals surface area contributed by atoms with E-state index in [0.29, 0.717) is 15.4 Å². The molecule has 5 nitrogen and oxygen atoms in total. The van der Waals surface area contributed by atoms with E-state index in [0.717, 1.165) is 16.0 Å². The number of halogens is 1. The SMILES string of the molecule is N#Cc1ccc(S(=O)(=O)Nc2nc3ccc(Cl)cc3s2)s1. The largest absolute Gasteiger partial charge is 0.273 e. The van der Waals surface area contributed by atoms with E-state index in [9.17, 15) is 8.42 Å². The number of thiazole rings is 1. The smallest absolute Gasteiger partial charge is 0.254 e. The van der Waals surface area contributed by atoms with Gasteiger partial charge in [-0.1, -0.05) is 22.9 Å². The molecule has 0 aliphatic heterocycles. The molecule has 0 saturated heterocycles. The molecule has 2 heterocycles. The van der Waals surface area contributed by atoms with E-state index in [4.69, 9.17) is 16.9 Å². The number of sulfonamides is 1. The lowest BCUT2D eigenvalue weighted by molar-refractivity contribution is 0.603. The van der Waals surface area contributed by atoms with Gasteiger partial charge < -0.3 is 0 Å². The third-order valence-corrected chi connectivity index (χ3v) is 6.65. The van der Waals surface area contributed by atoms with Gasteiger partial charge in [-0.3, -0.25) is 4.72 Å². The van der Waals surface area contributed by atoms with E-state index in [2.05, 4.69) is 9.71 Å². The van der Waals surface area contributed by atoms with Crippen LogP contribution in [-0.2, 0) is 10.0 Å². The third-order valence-electron chi connectivity index (χ3n) is 2.53. The van der Waals surface area contributed by atoms with Crippen molar-refractivity contribution in [2.75, 3.05) is 4.72 Å². The molecule has 0 radical (unpaired) electrons. The van der Waals surface area contributed by atoms with E-state index in [1.807, 2.05) is 6.07 Å². The van der Waals surface area contributed by atoms with Crippen molar-refractivity contribution < 1.29 is 8.42 Å². The molecule has 0 atom stereocenters. The van der Waals surface area contributed by atoms with Crippen molar-refractivity contribution >= 4 is 59.6 Å². The first kappa shape index (κ1) is 14.3. The first-order valence-electron chi connectivity index (χ1n) is 5.57. The molecule has 1 N–H and O–H groups in total. The van der Waals surface area contributed by atoms with Crippen LogP contribution in [0.25, 0.3) is 10.2 Å². The minimum Gasteiger partial charge on any atom is -0.254 e. The number of anilines is 1. The van der Waals surface area contributed by atoms with Crippen LogP contribution in [0.4, 0.5) is 5.13 Å². The fraction of sp³-hybridized carbons (Fsp3) is 0. The van der Waals surface area contributed by atoms with Crippen LogP contribution >= 0.6 is 34.3 Å². The molecule has 2 aromatic heterocycles. The Hall–Kier alpha value is -1.66. The van der Waals surface area contributed by atoms with Crippen molar-refractivity contribution in [3.63, 3.8) is 0 Å². The van der Waals surface area contributed by atoms with E-state index < -0.39 is 10.0 Å². The van der Waals surface area contributed by atoms with Crippen LogP contribution in [0.3, 0.4) is 0 Å². The minimum atomic E-state index is -3.73. The van der Waals surface area contributed by atoms with Gasteiger partial charge in [0.15, 0.2) is 5.13 Å². The Morgan fingerprint density at radius 1 is 1.24 bits per heavy atom. The van der Waals surface area contributed by atoms with Gasteiger partial charge in [0.1, 0.15) is 15.2 Å². The van der Waals surface area contributed by atoms with Crippen LogP contribution in [0.1, 0.15) is 4.88 Å². The van der Waals surface area contributed by atoms with Crippen LogP contribution in [0.5, 0.6) is 0 Å². The molecule has 0 aliphatic carbocycles. The maximum Gasteiger partial charge on any atom is 0.273 e. The number of nitrogens with zero attached hydrogens (tertiary/aromatic N) is 2. The lowest BCUT2D eigenvalue weighted by Gasteiger charge is -2.00. The minimum absolute atomic E-state index is 0.0799. The van der Waals surface area contributed by atoms with Gasteiger partial charge in [-0.25, -0.2) is 13.4 Å². The summed E-state index contributed by atoms with van der Waals surface area (Å²) < 4.78 is 27.7. The van der Waals surface area contributed by atoms with Gasteiger partial charge in [-0.05, 0) is 30.3 Å². The van der Waals surface area contributed by atoms with E-state index in [1.54, 1.807) is 18.2 Å².